The number of hydrogen-bond donors (Lipinski definition) is 1. The molecule has 0 radical (unpaired) electrons. The molecule has 0 spiro atoms. The smallest absolute Gasteiger partial charge is 0.0342 e. The maximum Gasteiger partial charge on any atom is 0.0342 e. The normalized spacial score (nSPS) is 34.5. The van der Waals surface area contributed by atoms with Crippen LogP contribution in [0, 0.1) is 11.8 Å². The van der Waals surface area contributed by atoms with Gasteiger partial charge in [-0.2, -0.15) is 0 Å². The molecule has 82 valence electrons. The standard InChI is InChI=1S/C12H24N2/c1-10-3-5-11(6-4-10)9-14(2)12-7-13-8-12/h10-13H,3-9H2,1-2H3. The largest absolute Gasteiger partial charge is 0.314 e. The van der Waals surface area contributed by atoms with E-state index in [4.69, 9.17) is 0 Å². The summed E-state index contributed by atoms with van der Waals surface area (Å²) in [5, 5.41) is 3.34. The lowest BCUT2D eigenvalue weighted by atomic mass is 9.82. The summed E-state index contributed by atoms with van der Waals surface area (Å²) in [5.74, 6) is 1.97. The molecule has 1 saturated heterocycles. The molecule has 0 aromatic heterocycles. The minimum atomic E-state index is 0.828. The van der Waals surface area contributed by atoms with Gasteiger partial charge in [-0.3, -0.25) is 0 Å². The lowest BCUT2D eigenvalue weighted by Crippen LogP contribution is -2.56. The average Bonchev–Trinajstić information content (AvgIpc) is 2.06. The molecule has 2 aliphatic rings. The van der Waals surface area contributed by atoms with Crippen LogP contribution in [0.5, 0.6) is 0 Å². The van der Waals surface area contributed by atoms with Gasteiger partial charge in [0, 0.05) is 25.7 Å². The maximum absolute atomic E-state index is 3.34. The van der Waals surface area contributed by atoms with E-state index >= 15 is 0 Å². The van der Waals surface area contributed by atoms with Crippen molar-refractivity contribution in [3.63, 3.8) is 0 Å². The second kappa shape index (κ2) is 4.63. The van der Waals surface area contributed by atoms with Gasteiger partial charge < -0.3 is 10.2 Å². The topological polar surface area (TPSA) is 15.3 Å². The fourth-order valence-electron chi connectivity index (χ4n) is 2.65. The molecule has 14 heavy (non-hydrogen) atoms. The summed E-state index contributed by atoms with van der Waals surface area (Å²) in [6, 6.07) is 0.828. The third-order valence-corrected chi connectivity index (χ3v) is 4.06. The molecule has 2 heteroatoms. The minimum absolute atomic E-state index is 0.828. The summed E-state index contributed by atoms with van der Waals surface area (Å²) >= 11 is 0. The summed E-state index contributed by atoms with van der Waals surface area (Å²) in [5.41, 5.74) is 0. The average molecular weight is 196 g/mol. The van der Waals surface area contributed by atoms with Crippen molar-refractivity contribution in [1.82, 2.24) is 10.2 Å². The van der Waals surface area contributed by atoms with E-state index in [1.54, 1.807) is 0 Å². The van der Waals surface area contributed by atoms with Gasteiger partial charge in [0.25, 0.3) is 0 Å². The van der Waals surface area contributed by atoms with Crippen molar-refractivity contribution in [3.8, 4) is 0 Å². The third kappa shape index (κ3) is 2.48. The summed E-state index contributed by atoms with van der Waals surface area (Å²) in [6.45, 7) is 6.15. The van der Waals surface area contributed by atoms with Crippen molar-refractivity contribution in [2.75, 3.05) is 26.7 Å². The Bertz CT molecular complexity index is 169. The Morgan fingerprint density at radius 1 is 1.14 bits per heavy atom. The van der Waals surface area contributed by atoms with Crippen LogP contribution in [0.25, 0.3) is 0 Å². The van der Waals surface area contributed by atoms with Gasteiger partial charge in [-0.15, -0.1) is 0 Å². The second-order valence-corrected chi connectivity index (χ2v) is 5.38. The van der Waals surface area contributed by atoms with E-state index in [2.05, 4.69) is 24.2 Å². The Kier molecular flexibility index (Phi) is 3.45. The Labute approximate surface area is 88.1 Å². The first kappa shape index (κ1) is 10.4. The van der Waals surface area contributed by atoms with E-state index in [-0.39, 0.29) is 0 Å². The number of nitrogens with one attached hydrogen (secondary N) is 1. The van der Waals surface area contributed by atoms with E-state index in [9.17, 15) is 0 Å². The zero-order chi connectivity index (χ0) is 9.97. The molecule has 0 aromatic rings. The molecule has 0 amide bonds. The van der Waals surface area contributed by atoms with Crippen molar-refractivity contribution >= 4 is 0 Å². The van der Waals surface area contributed by atoms with Gasteiger partial charge in [0.1, 0.15) is 0 Å². The van der Waals surface area contributed by atoms with Crippen LogP contribution in [0.4, 0.5) is 0 Å². The highest BCUT2D eigenvalue weighted by Crippen LogP contribution is 2.28. The van der Waals surface area contributed by atoms with Crippen molar-refractivity contribution in [2.45, 2.75) is 38.6 Å². The van der Waals surface area contributed by atoms with Crippen molar-refractivity contribution in [3.05, 3.63) is 0 Å². The molecular weight excluding hydrogens is 172 g/mol. The summed E-state index contributed by atoms with van der Waals surface area (Å²) < 4.78 is 0. The number of nitrogens with zero attached hydrogens (tertiary/aromatic N) is 1. The highest BCUT2D eigenvalue weighted by molar-refractivity contribution is 4.84. The molecule has 0 bridgehead atoms. The highest BCUT2D eigenvalue weighted by atomic mass is 15.2. The van der Waals surface area contributed by atoms with Crippen LogP contribution in [-0.4, -0.2) is 37.6 Å². The fraction of sp³-hybridized carbons (Fsp3) is 1.00. The Hall–Kier alpha value is -0.0800. The molecule has 1 heterocycles. The van der Waals surface area contributed by atoms with Crippen LogP contribution in [0.15, 0.2) is 0 Å². The third-order valence-electron chi connectivity index (χ3n) is 4.06. The number of rotatable bonds is 3. The Morgan fingerprint density at radius 2 is 1.79 bits per heavy atom. The Balaban J connectivity index is 1.68. The summed E-state index contributed by atoms with van der Waals surface area (Å²) in [4.78, 5) is 2.57. The van der Waals surface area contributed by atoms with Gasteiger partial charge in [-0.25, -0.2) is 0 Å². The van der Waals surface area contributed by atoms with Crippen molar-refractivity contribution < 1.29 is 0 Å². The lowest BCUT2D eigenvalue weighted by molar-refractivity contribution is 0.134. The van der Waals surface area contributed by atoms with Crippen LogP contribution < -0.4 is 5.32 Å². The van der Waals surface area contributed by atoms with Crippen LogP contribution in [0.1, 0.15) is 32.6 Å². The predicted octanol–water partition coefficient (Wildman–Crippen LogP) is 1.72. The van der Waals surface area contributed by atoms with E-state index in [1.807, 2.05) is 0 Å². The molecule has 1 saturated carbocycles. The predicted molar refractivity (Wildman–Crippen MR) is 60.4 cm³/mol. The maximum atomic E-state index is 3.34. The van der Waals surface area contributed by atoms with Gasteiger partial charge in [0.2, 0.25) is 0 Å². The quantitative estimate of drug-likeness (QED) is 0.739. The van der Waals surface area contributed by atoms with Gasteiger partial charge in [-0.1, -0.05) is 19.8 Å². The summed E-state index contributed by atoms with van der Waals surface area (Å²) in [6.07, 6.45) is 5.85. The molecule has 2 nitrogen and oxygen atoms in total. The van der Waals surface area contributed by atoms with Crippen molar-refractivity contribution in [1.29, 1.82) is 0 Å². The van der Waals surface area contributed by atoms with Crippen LogP contribution in [0.3, 0.4) is 0 Å². The van der Waals surface area contributed by atoms with Crippen LogP contribution >= 0.6 is 0 Å². The molecule has 0 unspecified atom stereocenters. The molecule has 2 fully saturated rings. The van der Waals surface area contributed by atoms with E-state index in [0.29, 0.717) is 0 Å². The molecule has 0 aromatic carbocycles. The molecule has 2 rings (SSSR count). The first-order valence-electron chi connectivity index (χ1n) is 6.16. The zero-order valence-corrected chi connectivity index (χ0v) is 9.63. The molecular formula is C12H24N2. The van der Waals surface area contributed by atoms with Crippen LogP contribution in [-0.2, 0) is 0 Å². The van der Waals surface area contributed by atoms with Gasteiger partial charge in [-0.05, 0) is 31.7 Å². The van der Waals surface area contributed by atoms with Gasteiger partial charge in [0.15, 0.2) is 0 Å². The first-order chi connectivity index (χ1) is 6.75. The SMILES string of the molecule is CC1CCC(CN(C)C2CNC2)CC1. The van der Waals surface area contributed by atoms with Crippen molar-refractivity contribution in [2.24, 2.45) is 11.8 Å². The minimum Gasteiger partial charge on any atom is -0.314 e. The Morgan fingerprint density at radius 3 is 2.29 bits per heavy atom. The van der Waals surface area contributed by atoms with Gasteiger partial charge in [0.05, 0.1) is 0 Å². The van der Waals surface area contributed by atoms with E-state index in [1.165, 1.54) is 45.3 Å². The second-order valence-electron chi connectivity index (χ2n) is 5.38. The highest BCUT2D eigenvalue weighted by Gasteiger charge is 2.25. The first-order valence-corrected chi connectivity index (χ1v) is 6.16. The van der Waals surface area contributed by atoms with E-state index in [0.717, 1.165) is 17.9 Å². The van der Waals surface area contributed by atoms with E-state index < -0.39 is 0 Å². The zero-order valence-electron chi connectivity index (χ0n) is 9.63. The monoisotopic (exact) mass is 196 g/mol. The molecule has 1 aliphatic carbocycles. The molecule has 1 aliphatic heterocycles. The fourth-order valence-corrected chi connectivity index (χ4v) is 2.65. The lowest BCUT2D eigenvalue weighted by Gasteiger charge is -2.38. The summed E-state index contributed by atoms with van der Waals surface area (Å²) in [7, 11) is 2.30. The van der Waals surface area contributed by atoms with Gasteiger partial charge >= 0.3 is 0 Å². The molecule has 1 N–H and O–H groups in total. The molecule has 0 atom stereocenters. The number of likely N-dealkylation sites (N-methyl/N-ethyl adjacent to an activating group) is 1. The number of hydrogen-bond acceptors (Lipinski definition) is 2. The van der Waals surface area contributed by atoms with Crippen LogP contribution in [0.2, 0.25) is 0 Å².